The van der Waals surface area contributed by atoms with Crippen LogP contribution in [-0.4, -0.2) is 36.6 Å². The van der Waals surface area contributed by atoms with Crippen molar-refractivity contribution in [2.75, 3.05) is 21.1 Å². The molecule has 0 amide bonds. The van der Waals surface area contributed by atoms with Crippen LogP contribution >= 0.6 is 0 Å². The first-order chi connectivity index (χ1) is 9.69. The van der Waals surface area contributed by atoms with Crippen molar-refractivity contribution in [2.24, 2.45) is 0 Å². The molecule has 2 aromatic rings. The third-order valence-corrected chi connectivity index (χ3v) is 3.00. The van der Waals surface area contributed by atoms with Crippen molar-refractivity contribution in [1.82, 2.24) is 9.47 Å². The second-order valence-corrected chi connectivity index (χ2v) is 4.40. The van der Waals surface area contributed by atoms with E-state index in [1.807, 2.05) is 42.7 Å². The molecule has 17 heavy (non-hydrogen) atoms. The van der Waals surface area contributed by atoms with E-state index in [0.29, 0.717) is 5.75 Å². The van der Waals surface area contributed by atoms with E-state index in [9.17, 15) is 0 Å². The van der Waals surface area contributed by atoms with Crippen LogP contribution in [-0.2, 0) is 6.52 Å². The molecule has 2 rings (SSSR count). The monoisotopic (exact) mass is 236 g/mol. The average Bonchev–Trinajstić information content (AvgIpc) is 2.77. The first-order valence-corrected chi connectivity index (χ1v) is 5.57. The zero-order valence-corrected chi connectivity index (χ0v) is 10.3. The number of fused-ring (bicyclic) bond motifs is 1. The molecule has 1 heterocycles. The third-order valence-electron chi connectivity index (χ3n) is 3.00. The van der Waals surface area contributed by atoms with Gasteiger partial charge in [-0.25, -0.2) is 0 Å². The predicted octanol–water partition coefficient (Wildman–Crippen LogP) is 2.60. The fourth-order valence-electron chi connectivity index (χ4n) is 1.70. The smallest absolute Gasteiger partial charge is 0.119 e. The van der Waals surface area contributed by atoms with E-state index < -0.39 is 13.6 Å². The maximum Gasteiger partial charge on any atom is 0.119 e. The van der Waals surface area contributed by atoms with Crippen LogP contribution in [0.5, 0.6) is 5.75 Å². The second kappa shape index (κ2) is 4.80. The molecule has 1 aromatic heterocycles. The van der Waals surface area contributed by atoms with Gasteiger partial charge >= 0.3 is 0 Å². The molecule has 0 aliphatic heterocycles. The summed E-state index contributed by atoms with van der Waals surface area (Å²) < 4.78 is 36.5. The van der Waals surface area contributed by atoms with Crippen LogP contribution in [0.15, 0.2) is 30.5 Å². The van der Waals surface area contributed by atoms with Gasteiger partial charge < -0.3 is 14.2 Å². The van der Waals surface area contributed by atoms with Gasteiger partial charge in [0.05, 0.1) is 12.5 Å². The summed E-state index contributed by atoms with van der Waals surface area (Å²) in [6.45, 7) is 1.56. The zero-order chi connectivity index (χ0) is 15.8. The highest BCUT2D eigenvalue weighted by Crippen LogP contribution is 2.22. The van der Waals surface area contributed by atoms with Gasteiger partial charge in [0.2, 0.25) is 0 Å². The summed E-state index contributed by atoms with van der Waals surface area (Å²) in [6.07, 6.45) is 1.85. The molecule has 0 spiro atoms. The summed E-state index contributed by atoms with van der Waals surface area (Å²) in [5, 5.41) is 0.861. The van der Waals surface area contributed by atoms with Crippen molar-refractivity contribution in [1.29, 1.82) is 0 Å². The molecule has 0 radical (unpaired) electrons. The van der Waals surface area contributed by atoms with Crippen LogP contribution in [0, 0.1) is 0 Å². The van der Waals surface area contributed by atoms with Crippen LogP contribution in [0.25, 0.3) is 10.9 Å². The molecule has 92 valence electrons. The molecule has 2 atom stereocenters. The van der Waals surface area contributed by atoms with E-state index in [4.69, 9.17) is 10.2 Å². The van der Waals surface area contributed by atoms with Crippen molar-refractivity contribution in [3.63, 3.8) is 0 Å². The van der Waals surface area contributed by atoms with Gasteiger partial charge in [0.15, 0.2) is 0 Å². The molecule has 0 N–H and O–H groups in total. The molecule has 0 saturated carbocycles. The minimum absolute atomic E-state index is 0.0545. The van der Waals surface area contributed by atoms with E-state index in [1.54, 1.807) is 18.2 Å². The second-order valence-electron chi connectivity index (χ2n) is 4.40. The Morgan fingerprint density at radius 1 is 1.47 bits per heavy atom. The minimum atomic E-state index is -2.45. The van der Waals surface area contributed by atoms with Gasteiger partial charge in [-0.2, -0.15) is 0 Å². The lowest BCUT2D eigenvalue weighted by Gasteiger charge is -2.20. The molecule has 3 nitrogen and oxygen atoms in total. The topological polar surface area (TPSA) is 17.4 Å². The quantitative estimate of drug-likeness (QED) is 0.812. The average molecular weight is 236 g/mol. The van der Waals surface area contributed by atoms with Gasteiger partial charge in [0.25, 0.3) is 0 Å². The van der Waals surface area contributed by atoms with Gasteiger partial charge in [0, 0.05) is 29.7 Å². The van der Waals surface area contributed by atoms with Gasteiger partial charge in [-0.1, -0.05) is 0 Å². The van der Waals surface area contributed by atoms with Crippen molar-refractivity contribution < 1.29 is 10.2 Å². The number of hydrogen-bond donors (Lipinski definition) is 0. The van der Waals surface area contributed by atoms with Gasteiger partial charge in [-0.15, -0.1) is 0 Å². The lowest BCUT2D eigenvalue weighted by molar-refractivity contribution is 0.286. The van der Waals surface area contributed by atoms with E-state index in [2.05, 4.69) is 0 Å². The number of likely N-dealkylation sites (N-methyl/N-ethyl adjacent to an activating group) is 1. The molecule has 1 unspecified atom stereocenters. The van der Waals surface area contributed by atoms with E-state index >= 15 is 0 Å². The van der Waals surface area contributed by atoms with Gasteiger partial charge in [-0.05, 0) is 45.3 Å². The van der Waals surface area contributed by atoms with Crippen molar-refractivity contribution >= 4 is 10.9 Å². The molecular weight excluding hydrogens is 212 g/mol. The van der Waals surface area contributed by atoms with Gasteiger partial charge in [-0.3, -0.25) is 0 Å². The Bertz CT molecular complexity index is 621. The summed E-state index contributed by atoms with van der Waals surface area (Å²) in [7, 11) is 1.44. The van der Waals surface area contributed by atoms with Crippen molar-refractivity contribution in [2.45, 2.75) is 19.5 Å². The number of rotatable bonds is 4. The molecule has 0 aliphatic carbocycles. The number of benzene rings is 1. The highest BCUT2D eigenvalue weighted by molar-refractivity contribution is 5.81. The first kappa shape index (κ1) is 7.77. The summed E-state index contributed by atoms with van der Waals surface area (Å²) in [6, 6.07) is 7.02. The lowest BCUT2D eigenvalue weighted by atomic mass is 10.2. The van der Waals surface area contributed by atoms with Crippen LogP contribution in [0.3, 0.4) is 0 Å². The molecule has 0 saturated heterocycles. The van der Waals surface area contributed by atoms with Crippen LogP contribution in [0.2, 0.25) is 0 Å². The Hall–Kier alpha value is -1.48. The Morgan fingerprint density at radius 3 is 3.00 bits per heavy atom. The maximum atomic E-state index is 8.35. The number of nitrogens with zero attached hydrogens (tertiary/aromatic N) is 2. The highest BCUT2D eigenvalue weighted by atomic mass is 16.5. The molecule has 0 bridgehead atoms. The van der Waals surface area contributed by atoms with Crippen LogP contribution < -0.4 is 4.74 Å². The number of ether oxygens (including phenoxy) is 1. The van der Waals surface area contributed by atoms with Gasteiger partial charge in [0.1, 0.15) is 5.75 Å². The fourth-order valence-corrected chi connectivity index (χ4v) is 1.70. The molecule has 1 aromatic carbocycles. The van der Waals surface area contributed by atoms with Crippen LogP contribution in [0.4, 0.5) is 0 Å². The zero-order valence-electron chi connectivity index (χ0n) is 14.3. The molecule has 3 heteroatoms. The van der Waals surface area contributed by atoms with E-state index in [1.165, 1.54) is 0 Å². The largest absolute Gasteiger partial charge is 0.497 e. The number of methoxy groups -OCH3 is 1. The Morgan fingerprint density at radius 2 is 2.29 bits per heavy atom. The predicted molar refractivity (Wildman–Crippen MR) is 71.6 cm³/mol. The first-order valence-electron chi connectivity index (χ1n) is 7.65. The summed E-state index contributed by atoms with van der Waals surface area (Å²) in [4.78, 5) is 2.00. The van der Waals surface area contributed by atoms with Crippen molar-refractivity contribution in [3.8, 4) is 5.75 Å². The maximum absolute atomic E-state index is 8.35. The summed E-state index contributed by atoms with van der Waals surface area (Å²) in [5.74, 6) is 0.308. The number of aromatic nitrogens is 1. The molecular formula is C14H20N2O. The van der Waals surface area contributed by atoms with Crippen LogP contribution in [0.1, 0.15) is 12.4 Å². The van der Waals surface area contributed by atoms with Crippen molar-refractivity contribution in [3.05, 3.63) is 30.5 Å². The fraction of sp³-hybridized carbons (Fsp3) is 0.429. The summed E-state index contributed by atoms with van der Waals surface area (Å²) in [5.41, 5.74) is 0.890. The minimum Gasteiger partial charge on any atom is -0.497 e. The number of hydrogen-bond acceptors (Lipinski definition) is 2. The normalized spacial score (nSPS) is 19.3. The third kappa shape index (κ3) is 2.44. The standard InChI is InChI=1S/C14H20N2O/c1-11(15(2)3)10-16-8-7-12-9-13(17-4)5-6-14(12)16/h5-9,11H,10H2,1-4H3/t11-/m1/s1/i4D3,10D/t10?,11-. The van der Waals surface area contributed by atoms with E-state index in [0.717, 1.165) is 10.9 Å². The highest BCUT2D eigenvalue weighted by Gasteiger charge is 2.08. The summed E-state index contributed by atoms with van der Waals surface area (Å²) >= 11 is 0. The Balaban J connectivity index is 2.33. The Kier molecular flexibility index (Phi) is 2.19. The Labute approximate surface area is 108 Å². The lowest BCUT2D eigenvalue weighted by Crippen LogP contribution is -2.28. The molecule has 0 fully saturated rings. The molecule has 0 aliphatic rings. The SMILES string of the molecule is [2H]C([C@@H](C)N(C)C)n1ccc2cc(OC([2H])([2H])[2H])ccc21. The van der Waals surface area contributed by atoms with E-state index in [-0.39, 0.29) is 6.04 Å².